The summed E-state index contributed by atoms with van der Waals surface area (Å²) in [4.78, 5) is 4.93. The fraction of sp³-hybridized carbons (Fsp3) is 0.684. The largest absolute Gasteiger partial charge is 0.310 e. The van der Waals surface area contributed by atoms with Crippen molar-refractivity contribution in [3.05, 3.63) is 35.6 Å². The van der Waals surface area contributed by atoms with Crippen molar-refractivity contribution in [1.82, 2.24) is 15.1 Å². The lowest BCUT2D eigenvalue weighted by Gasteiger charge is -2.38. The van der Waals surface area contributed by atoms with Crippen LogP contribution in [0.2, 0.25) is 0 Å². The Labute approximate surface area is 139 Å². The van der Waals surface area contributed by atoms with Gasteiger partial charge in [0.2, 0.25) is 0 Å². The quantitative estimate of drug-likeness (QED) is 0.900. The van der Waals surface area contributed by atoms with Gasteiger partial charge in [0.05, 0.1) is 0 Å². The molecule has 1 aromatic rings. The molecule has 0 bridgehead atoms. The Bertz CT molecular complexity index is 485. The Hall–Kier alpha value is -0.970. The van der Waals surface area contributed by atoms with Gasteiger partial charge in [-0.1, -0.05) is 25.1 Å². The zero-order valence-corrected chi connectivity index (χ0v) is 14.3. The van der Waals surface area contributed by atoms with E-state index in [4.69, 9.17) is 0 Å². The summed E-state index contributed by atoms with van der Waals surface area (Å²) in [5.41, 5.74) is 0.824. The lowest BCUT2D eigenvalue weighted by atomic mass is 9.99. The van der Waals surface area contributed by atoms with Crippen molar-refractivity contribution >= 4 is 0 Å². The molecule has 2 aliphatic heterocycles. The van der Waals surface area contributed by atoms with E-state index in [1.807, 2.05) is 12.1 Å². The van der Waals surface area contributed by atoms with Crippen LogP contribution >= 0.6 is 0 Å². The van der Waals surface area contributed by atoms with Crippen molar-refractivity contribution in [3.8, 4) is 0 Å². The maximum absolute atomic E-state index is 13.8. The summed E-state index contributed by atoms with van der Waals surface area (Å²) >= 11 is 0. The van der Waals surface area contributed by atoms with Crippen LogP contribution in [0, 0.1) is 5.82 Å². The number of nitrogens with one attached hydrogen (secondary N) is 1. The first-order valence-corrected chi connectivity index (χ1v) is 9.18. The Morgan fingerprint density at radius 1 is 1.04 bits per heavy atom. The van der Waals surface area contributed by atoms with Gasteiger partial charge in [-0.3, -0.25) is 4.90 Å². The lowest BCUT2D eigenvalue weighted by molar-refractivity contribution is 0.150. The smallest absolute Gasteiger partial charge is 0.127 e. The second-order valence-corrected chi connectivity index (χ2v) is 7.04. The molecule has 1 N–H and O–H groups in total. The van der Waals surface area contributed by atoms with Crippen molar-refractivity contribution in [3.63, 3.8) is 0 Å². The topological polar surface area (TPSA) is 18.5 Å². The molecule has 4 heteroatoms. The Morgan fingerprint density at radius 3 is 2.57 bits per heavy atom. The standard InChI is InChI=1S/C19H30FN3/c1-2-22-12-9-17(10-13-22)21-18-7-5-11-23(15-18)14-16-6-3-4-8-19(16)20/h3-4,6,8,17-18,21H,2,5,7,9-15H2,1H3. The molecular formula is C19H30FN3. The van der Waals surface area contributed by atoms with Gasteiger partial charge in [-0.25, -0.2) is 4.39 Å². The molecule has 0 amide bonds. The SMILES string of the molecule is CCN1CCC(NC2CCCN(Cc3ccccc3F)C2)CC1. The van der Waals surface area contributed by atoms with E-state index in [9.17, 15) is 4.39 Å². The summed E-state index contributed by atoms with van der Waals surface area (Å²) < 4.78 is 13.8. The van der Waals surface area contributed by atoms with E-state index in [2.05, 4.69) is 22.0 Å². The summed E-state index contributed by atoms with van der Waals surface area (Å²) in [5, 5.41) is 3.87. The lowest BCUT2D eigenvalue weighted by Crippen LogP contribution is -2.51. The third-order valence-electron chi connectivity index (χ3n) is 5.36. The molecule has 0 saturated carbocycles. The number of likely N-dealkylation sites (tertiary alicyclic amines) is 2. The van der Waals surface area contributed by atoms with Crippen molar-refractivity contribution < 1.29 is 4.39 Å². The van der Waals surface area contributed by atoms with Crippen LogP contribution in [0.5, 0.6) is 0 Å². The van der Waals surface area contributed by atoms with E-state index in [1.165, 1.54) is 45.3 Å². The van der Waals surface area contributed by atoms with E-state index in [-0.39, 0.29) is 5.82 Å². The maximum atomic E-state index is 13.8. The van der Waals surface area contributed by atoms with Crippen LogP contribution in [0.3, 0.4) is 0 Å². The highest BCUT2D eigenvalue weighted by Gasteiger charge is 2.25. The number of hydrogen-bond donors (Lipinski definition) is 1. The summed E-state index contributed by atoms with van der Waals surface area (Å²) in [6.45, 7) is 8.73. The van der Waals surface area contributed by atoms with E-state index < -0.39 is 0 Å². The second kappa shape index (κ2) is 8.22. The predicted molar refractivity (Wildman–Crippen MR) is 93.0 cm³/mol. The molecule has 0 aliphatic carbocycles. The Kier molecular flexibility index (Phi) is 6.03. The molecule has 3 nitrogen and oxygen atoms in total. The van der Waals surface area contributed by atoms with Crippen molar-refractivity contribution in [1.29, 1.82) is 0 Å². The van der Waals surface area contributed by atoms with Crippen molar-refractivity contribution in [2.75, 3.05) is 32.7 Å². The average molecular weight is 319 g/mol. The van der Waals surface area contributed by atoms with Crippen LogP contribution in [-0.4, -0.2) is 54.6 Å². The number of benzene rings is 1. The normalized spacial score (nSPS) is 24.9. The van der Waals surface area contributed by atoms with Crippen LogP contribution in [0.4, 0.5) is 4.39 Å². The van der Waals surface area contributed by atoms with Gasteiger partial charge in [0.25, 0.3) is 0 Å². The zero-order valence-electron chi connectivity index (χ0n) is 14.3. The van der Waals surface area contributed by atoms with Gasteiger partial charge in [0.1, 0.15) is 5.82 Å². The Balaban J connectivity index is 1.48. The summed E-state index contributed by atoms with van der Waals surface area (Å²) in [6, 6.07) is 8.40. The molecule has 2 saturated heterocycles. The molecule has 23 heavy (non-hydrogen) atoms. The van der Waals surface area contributed by atoms with Gasteiger partial charge in [-0.2, -0.15) is 0 Å². The fourth-order valence-corrected chi connectivity index (χ4v) is 3.95. The average Bonchev–Trinajstić information content (AvgIpc) is 2.58. The minimum atomic E-state index is -0.0745. The minimum Gasteiger partial charge on any atom is -0.310 e. The minimum absolute atomic E-state index is 0.0745. The first-order valence-electron chi connectivity index (χ1n) is 9.18. The van der Waals surface area contributed by atoms with Gasteiger partial charge in [0, 0.05) is 30.7 Å². The molecule has 1 atom stereocenters. The molecule has 0 radical (unpaired) electrons. The predicted octanol–water partition coefficient (Wildman–Crippen LogP) is 2.86. The van der Waals surface area contributed by atoms with Crippen molar-refractivity contribution in [2.24, 2.45) is 0 Å². The molecule has 2 fully saturated rings. The maximum Gasteiger partial charge on any atom is 0.127 e. The first kappa shape index (κ1) is 16.9. The van der Waals surface area contributed by atoms with Gasteiger partial charge >= 0.3 is 0 Å². The number of hydrogen-bond acceptors (Lipinski definition) is 3. The van der Waals surface area contributed by atoms with Crippen LogP contribution in [-0.2, 0) is 6.54 Å². The number of nitrogens with zero attached hydrogens (tertiary/aromatic N) is 2. The summed E-state index contributed by atoms with van der Waals surface area (Å²) in [7, 11) is 0. The molecular weight excluding hydrogens is 289 g/mol. The number of piperidine rings is 2. The van der Waals surface area contributed by atoms with E-state index in [0.29, 0.717) is 12.1 Å². The highest BCUT2D eigenvalue weighted by Crippen LogP contribution is 2.18. The molecule has 0 spiro atoms. The number of rotatable bonds is 5. The zero-order chi connectivity index (χ0) is 16.1. The highest BCUT2D eigenvalue weighted by atomic mass is 19.1. The summed E-state index contributed by atoms with van der Waals surface area (Å²) in [6.07, 6.45) is 4.98. The molecule has 3 rings (SSSR count). The first-order chi connectivity index (χ1) is 11.2. The van der Waals surface area contributed by atoms with Crippen LogP contribution < -0.4 is 5.32 Å². The second-order valence-electron chi connectivity index (χ2n) is 7.04. The van der Waals surface area contributed by atoms with Gasteiger partial charge in [0.15, 0.2) is 0 Å². The van der Waals surface area contributed by atoms with Crippen LogP contribution in [0.1, 0.15) is 38.2 Å². The van der Waals surface area contributed by atoms with Gasteiger partial charge in [-0.05, 0) is 57.9 Å². The Morgan fingerprint density at radius 2 is 1.83 bits per heavy atom. The van der Waals surface area contributed by atoms with E-state index >= 15 is 0 Å². The molecule has 128 valence electrons. The monoisotopic (exact) mass is 319 g/mol. The third kappa shape index (κ3) is 4.75. The molecule has 0 aromatic heterocycles. The van der Waals surface area contributed by atoms with E-state index in [1.54, 1.807) is 12.1 Å². The molecule has 1 unspecified atom stereocenters. The molecule has 1 aromatic carbocycles. The summed E-state index contributed by atoms with van der Waals surface area (Å²) in [5.74, 6) is -0.0745. The molecule has 2 heterocycles. The van der Waals surface area contributed by atoms with Crippen molar-refractivity contribution in [2.45, 2.75) is 51.2 Å². The molecule has 2 aliphatic rings. The fourth-order valence-electron chi connectivity index (χ4n) is 3.95. The number of halogens is 1. The van der Waals surface area contributed by atoms with Crippen LogP contribution in [0.15, 0.2) is 24.3 Å². The van der Waals surface area contributed by atoms with E-state index in [0.717, 1.165) is 25.2 Å². The van der Waals surface area contributed by atoms with Gasteiger partial charge in [-0.15, -0.1) is 0 Å². The highest BCUT2D eigenvalue weighted by molar-refractivity contribution is 5.17. The third-order valence-corrected chi connectivity index (χ3v) is 5.36. The van der Waals surface area contributed by atoms with Gasteiger partial charge < -0.3 is 10.2 Å². The van der Waals surface area contributed by atoms with Crippen LogP contribution in [0.25, 0.3) is 0 Å².